The summed E-state index contributed by atoms with van der Waals surface area (Å²) in [6, 6.07) is 0.432. The summed E-state index contributed by atoms with van der Waals surface area (Å²) in [7, 11) is 0. The highest BCUT2D eigenvalue weighted by Gasteiger charge is 2.21. The van der Waals surface area contributed by atoms with Gasteiger partial charge in [-0.15, -0.1) is 0 Å². The van der Waals surface area contributed by atoms with Gasteiger partial charge in [-0.25, -0.2) is 13.8 Å². The van der Waals surface area contributed by atoms with Gasteiger partial charge in [0.15, 0.2) is 0 Å². The van der Waals surface area contributed by atoms with Crippen LogP contribution in [0, 0.1) is 5.95 Å². The predicted octanol–water partition coefficient (Wildman–Crippen LogP) is 0.839. The van der Waals surface area contributed by atoms with Crippen molar-refractivity contribution in [2.75, 3.05) is 5.73 Å². The minimum absolute atomic E-state index is 0.432. The third kappa shape index (κ3) is 1.76. The number of nitrogens with zero attached hydrogens (tertiary/aromatic N) is 1. The zero-order valence-corrected chi connectivity index (χ0v) is 6.80. The molecule has 1 aromatic rings. The molecule has 0 aromatic carbocycles. The van der Waals surface area contributed by atoms with Crippen molar-refractivity contribution in [3.8, 4) is 0 Å². The molecular formula is C7H6F3N3O. The Balaban J connectivity index is 3.44. The van der Waals surface area contributed by atoms with Crippen LogP contribution in [0.3, 0.4) is 0 Å². The molecule has 7 heteroatoms. The summed E-state index contributed by atoms with van der Waals surface area (Å²) in [6.07, 6.45) is -3.03. The van der Waals surface area contributed by atoms with Crippen LogP contribution in [0.2, 0.25) is 0 Å². The van der Waals surface area contributed by atoms with Crippen LogP contribution in [-0.4, -0.2) is 10.9 Å². The van der Waals surface area contributed by atoms with E-state index >= 15 is 0 Å². The van der Waals surface area contributed by atoms with E-state index in [2.05, 4.69) is 4.98 Å². The number of carbonyl (C=O) groups is 1. The Labute approximate surface area is 76.7 Å². The van der Waals surface area contributed by atoms with Crippen LogP contribution < -0.4 is 11.5 Å². The predicted molar refractivity (Wildman–Crippen MR) is 42.1 cm³/mol. The minimum Gasteiger partial charge on any atom is -0.383 e. The average molecular weight is 205 g/mol. The zero-order valence-electron chi connectivity index (χ0n) is 6.80. The summed E-state index contributed by atoms with van der Waals surface area (Å²) < 4.78 is 37.1. The Morgan fingerprint density at radius 3 is 2.50 bits per heavy atom. The van der Waals surface area contributed by atoms with Gasteiger partial charge in [-0.1, -0.05) is 0 Å². The number of halogens is 3. The van der Waals surface area contributed by atoms with E-state index in [0.717, 1.165) is 0 Å². The number of hydrogen-bond donors (Lipinski definition) is 2. The van der Waals surface area contributed by atoms with E-state index in [9.17, 15) is 18.0 Å². The summed E-state index contributed by atoms with van der Waals surface area (Å²) in [5.74, 6) is -2.97. The molecule has 1 rings (SSSR count). The maximum atomic E-state index is 12.6. The summed E-state index contributed by atoms with van der Waals surface area (Å²) in [5, 5.41) is 0. The van der Waals surface area contributed by atoms with Crippen LogP contribution in [-0.2, 0) is 0 Å². The number of hydrogen-bond acceptors (Lipinski definition) is 3. The molecule has 0 aliphatic carbocycles. The summed E-state index contributed by atoms with van der Waals surface area (Å²) >= 11 is 0. The second-order valence-corrected chi connectivity index (χ2v) is 2.46. The lowest BCUT2D eigenvalue weighted by molar-refractivity contribution is 0.0986. The SMILES string of the molecule is NC(=O)c1c(C(F)F)cc(F)nc1N. The van der Waals surface area contributed by atoms with Crippen LogP contribution in [0.1, 0.15) is 22.3 Å². The molecule has 0 radical (unpaired) electrons. The number of carbonyl (C=O) groups excluding carboxylic acids is 1. The Hall–Kier alpha value is -1.79. The van der Waals surface area contributed by atoms with Crippen LogP contribution in [0.5, 0.6) is 0 Å². The standard InChI is InChI=1S/C7H6F3N3O/c8-3-1-2(5(9)10)4(7(12)14)6(11)13-3/h1,5H,(H2,11,13)(H2,12,14). The second kappa shape index (κ2) is 3.52. The Morgan fingerprint density at radius 1 is 1.50 bits per heavy atom. The van der Waals surface area contributed by atoms with E-state index in [4.69, 9.17) is 11.5 Å². The maximum absolute atomic E-state index is 12.6. The number of amides is 1. The highest BCUT2D eigenvalue weighted by molar-refractivity contribution is 5.98. The normalized spacial score (nSPS) is 10.6. The molecular weight excluding hydrogens is 199 g/mol. The van der Waals surface area contributed by atoms with Crippen molar-refractivity contribution < 1.29 is 18.0 Å². The molecule has 0 bridgehead atoms. The number of pyridine rings is 1. The van der Waals surface area contributed by atoms with E-state index in [1.54, 1.807) is 0 Å². The first-order chi connectivity index (χ1) is 6.43. The molecule has 0 spiro atoms. The molecule has 14 heavy (non-hydrogen) atoms. The van der Waals surface area contributed by atoms with E-state index in [1.807, 2.05) is 0 Å². The highest BCUT2D eigenvalue weighted by atomic mass is 19.3. The number of primary amides is 1. The van der Waals surface area contributed by atoms with Crippen molar-refractivity contribution >= 4 is 11.7 Å². The molecule has 1 aromatic heterocycles. The van der Waals surface area contributed by atoms with E-state index < -0.39 is 35.2 Å². The second-order valence-electron chi connectivity index (χ2n) is 2.46. The lowest BCUT2D eigenvalue weighted by Crippen LogP contribution is -2.18. The van der Waals surface area contributed by atoms with Crippen molar-refractivity contribution in [2.24, 2.45) is 5.73 Å². The van der Waals surface area contributed by atoms with Gasteiger partial charge in [-0.3, -0.25) is 4.79 Å². The third-order valence-corrected chi connectivity index (χ3v) is 1.53. The lowest BCUT2D eigenvalue weighted by atomic mass is 10.1. The van der Waals surface area contributed by atoms with Crippen LogP contribution in [0.15, 0.2) is 6.07 Å². The molecule has 0 aliphatic rings. The smallest absolute Gasteiger partial charge is 0.264 e. The fourth-order valence-corrected chi connectivity index (χ4v) is 0.992. The van der Waals surface area contributed by atoms with Crippen molar-refractivity contribution in [2.45, 2.75) is 6.43 Å². The molecule has 0 fully saturated rings. The molecule has 1 heterocycles. The monoisotopic (exact) mass is 205 g/mol. The maximum Gasteiger partial charge on any atom is 0.264 e. The minimum atomic E-state index is -3.03. The Kier molecular flexibility index (Phi) is 2.59. The van der Waals surface area contributed by atoms with Gasteiger partial charge in [-0.2, -0.15) is 4.39 Å². The van der Waals surface area contributed by atoms with E-state index in [-0.39, 0.29) is 0 Å². The van der Waals surface area contributed by atoms with Crippen molar-refractivity contribution in [1.82, 2.24) is 4.98 Å². The first-order valence-corrected chi connectivity index (χ1v) is 3.47. The van der Waals surface area contributed by atoms with Crippen molar-refractivity contribution in [1.29, 1.82) is 0 Å². The number of alkyl halides is 2. The van der Waals surface area contributed by atoms with Gasteiger partial charge >= 0.3 is 0 Å². The summed E-state index contributed by atoms with van der Waals surface area (Å²) in [4.78, 5) is 13.7. The van der Waals surface area contributed by atoms with Crippen molar-refractivity contribution in [3.05, 3.63) is 23.1 Å². The first kappa shape index (κ1) is 10.3. The third-order valence-electron chi connectivity index (χ3n) is 1.53. The fraction of sp³-hybridized carbons (Fsp3) is 0.143. The molecule has 76 valence electrons. The number of rotatable bonds is 2. The molecule has 0 unspecified atom stereocenters. The zero-order chi connectivity index (χ0) is 10.9. The molecule has 0 saturated carbocycles. The topological polar surface area (TPSA) is 82.0 Å². The summed E-state index contributed by atoms with van der Waals surface area (Å²) in [6.45, 7) is 0. The molecule has 4 N–H and O–H groups in total. The highest BCUT2D eigenvalue weighted by Crippen LogP contribution is 2.25. The number of anilines is 1. The molecule has 4 nitrogen and oxygen atoms in total. The number of nitrogen functional groups attached to an aromatic ring is 1. The van der Waals surface area contributed by atoms with Gasteiger partial charge in [0.1, 0.15) is 5.82 Å². The number of aromatic nitrogens is 1. The Morgan fingerprint density at radius 2 is 2.07 bits per heavy atom. The Bertz CT molecular complexity index is 381. The van der Waals surface area contributed by atoms with Gasteiger partial charge in [0.25, 0.3) is 12.3 Å². The lowest BCUT2D eigenvalue weighted by Gasteiger charge is -2.07. The van der Waals surface area contributed by atoms with E-state index in [1.165, 1.54) is 0 Å². The number of nitrogens with two attached hydrogens (primary N) is 2. The quantitative estimate of drug-likeness (QED) is 0.702. The van der Waals surface area contributed by atoms with Crippen LogP contribution in [0.4, 0.5) is 19.0 Å². The fourth-order valence-electron chi connectivity index (χ4n) is 0.992. The van der Waals surface area contributed by atoms with Gasteiger partial charge in [0, 0.05) is 11.6 Å². The molecule has 1 amide bonds. The molecule has 0 saturated heterocycles. The van der Waals surface area contributed by atoms with Gasteiger partial charge < -0.3 is 11.5 Å². The van der Waals surface area contributed by atoms with E-state index in [0.29, 0.717) is 6.07 Å². The first-order valence-electron chi connectivity index (χ1n) is 3.47. The van der Waals surface area contributed by atoms with Gasteiger partial charge in [-0.05, 0) is 0 Å². The van der Waals surface area contributed by atoms with Crippen molar-refractivity contribution in [3.63, 3.8) is 0 Å². The summed E-state index contributed by atoms with van der Waals surface area (Å²) in [5.41, 5.74) is 8.38. The van der Waals surface area contributed by atoms with Crippen LogP contribution in [0.25, 0.3) is 0 Å². The van der Waals surface area contributed by atoms with Gasteiger partial charge in [0.2, 0.25) is 5.95 Å². The average Bonchev–Trinajstić information content (AvgIpc) is 2.01. The van der Waals surface area contributed by atoms with Crippen LogP contribution >= 0.6 is 0 Å². The molecule has 0 atom stereocenters. The molecule has 0 aliphatic heterocycles. The van der Waals surface area contributed by atoms with Gasteiger partial charge in [0.05, 0.1) is 5.56 Å². The largest absolute Gasteiger partial charge is 0.383 e.